The van der Waals surface area contributed by atoms with Gasteiger partial charge in [0.1, 0.15) is 23.7 Å². The molecule has 0 aliphatic carbocycles. The van der Waals surface area contributed by atoms with Gasteiger partial charge in [-0.25, -0.2) is 4.79 Å². The van der Waals surface area contributed by atoms with Gasteiger partial charge in [-0.05, 0) is 5.75 Å². The quantitative estimate of drug-likeness (QED) is 0.480. The third kappa shape index (κ3) is 2.61. The number of aliphatic hydroxyl groups is 3. The van der Waals surface area contributed by atoms with Crippen molar-refractivity contribution in [3.63, 3.8) is 0 Å². The van der Waals surface area contributed by atoms with Gasteiger partial charge in [0.15, 0.2) is 6.10 Å². The lowest BCUT2D eigenvalue weighted by Gasteiger charge is -2.38. The third-order valence-corrected chi connectivity index (χ3v) is 3.20. The molecule has 1 aliphatic heterocycles. The van der Waals surface area contributed by atoms with E-state index in [1.807, 2.05) is 6.92 Å². The highest BCUT2D eigenvalue weighted by Crippen LogP contribution is 2.28. The van der Waals surface area contributed by atoms with Crippen LogP contribution in [0.4, 0.5) is 0 Å². The average molecular weight is 238 g/mol. The largest absolute Gasteiger partial charge is 0.479 e. The van der Waals surface area contributed by atoms with Gasteiger partial charge in [-0.2, -0.15) is 0 Å². The van der Waals surface area contributed by atoms with E-state index in [0.717, 1.165) is 0 Å². The van der Waals surface area contributed by atoms with E-state index in [-0.39, 0.29) is 0 Å². The molecule has 88 valence electrons. The topological polar surface area (TPSA) is 107 Å². The molecule has 15 heavy (non-hydrogen) atoms. The maximum absolute atomic E-state index is 10.7. The summed E-state index contributed by atoms with van der Waals surface area (Å²) in [6, 6.07) is 0. The van der Waals surface area contributed by atoms with E-state index >= 15 is 0 Å². The van der Waals surface area contributed by atoms with E-state index in [1.54, 1.807) is 0 Å². The van der Waals surface area contributed by atoms with E-state index in [0.29, 0.717) is 5.75 Å². The molecule has 1 saturated heterocycles. The van der Waals surface area contributed by atoms with Gasteiger partial charge in [0, 0.05) is 0 Å². The second-order valence-electron chi connectivity index (χ2n) is 3.19. The predicted octanol–water partition coefficient (Wildman–Crippen LogP) is -1.37. The summed E-state index contributed by atoms with van der Waals surface area (Å²) in [7, 11) is 0. The standard InChI is InChI=1S/C8H14O6S/c1-2-15-8-5(11)3(9)4(10)6(14-8)7(12)13/h3-6,8-11H,2H2,1H3,(H,12,13)/t3-,4-,5-,6-,8-/m0/s1. The molecule has 0 spiro atoms. The molecule has 0 bridgehead atoms. The fraction of sp³-hybridized carbons (Fsp3) is 0.875. The lowest BCUT2D eigenvalue weighted by Crippen LogP contribution is -2.58. The molecular weight excluding hydrogens is 224 g/mol. The van der Waals surface area contributed by atoms with Crippen LogP contribution in [0.5, 0.6) is 0 Å². The second kappa shape index (κ2) is 5.13. The molecule has 0 unspecified atom stereocenters. The Labute approximate surface area is 90.9 Å². The average Bonchev–Trinajstić information content (AvgIpc) is 2.18. The Kier molecular flexibility index (Phi) is 4.35. The normalized spacial score (nSPS) is 41.5. The molecule has 1 heterocycles. The van der Waals surface area contributed by atoms with E-state index in [2.05, 4.69) is 0 Å². The minimum Gasteiger partial charge on any atom is -0.479 e. The van der Waals surface area contributed by atoms with Gasteiger partial charge < -0.3 is 25.2 Å². The van der Waals surface area contributed by atoms with E-state index in [4.69, 9.17) is 9.84 Å². The summed E-state index contributed by atoms with van der Waals surface area (Å²) in [5.41, 5.74) is -0.825. The summed E-state index contributed by atoms with van der Waals surface area (Å²) in [5.74, 6) is -0.744. The highest BCUT2D eigenvalue weighted by Gasteiger charge is 2.46. The highest BCUT2D eigenvalue weighted by atomic mass is 32.2. The van der Waals surface area contributed by atoms with Gasteiger partial charge in [0.25, 0.3) is 0 Å². The smallest absolute Gasteiger partial charge is 0.335 e. The molecule has 0 aromatic heterocycles. The molecule has 1 aliphatic rings. The Morgan fingerprint density at radius 3 is 2.33 bits per heavy atom. The van der Waals surface area contributed by atoms with Crippen LogP contribution in [0.1, 0.15) is 6.92 Å². The SMILES string of the molecule is CCS[C@@H]1O[C@H](C(=O)O)[C@@H](O)[C@H](O)[C@@H]1O. The van der Waals surface area contributed by atoms with Gasteiger partial charge in [-0.1, -0.05) is 6.92 Å². The number of rotatable bonds is 3. The first-order chi connectivity index (χ1) is 6.99. The molecule has 5 atom stereocenters. The summed E-state index contributed by atoms with van der Waals surface area (Å²) < 4.78 is 4.99. The van der Waals surface area contributed by atoms with Crippen LogP contribution in [-0.2, 0) is 9.53 Å². The first kappa shape index (κ1) is 12.7. The lowest BCUT2D eigenvalue weighted by molar-refractivity contribution is -0.209. The van der Waals surface area contributed by atoms with Crippen LogP contribution in [0.15, 0.2) is 0 Å². The van der Waals surface area contributed by atoms with Gasteiger partial charge in [0.2, 0.25) is 0 Å². The van der Waals surface area contributed by atoms with Crippen molar-refractivity contribution in [1.29, 1.82) is 0 Å². The zero-order chi connectivity index (χ0) is 11.6. The van der Waals surface area contributed by atoms with Crippen LogP contribution < -0.4 is 0 Å². The van der Waals surface area contributed by atoms with E-state index in [9.17, 15) is 20.1 Å². The van der Waals surface area contributed by atoms with Crippen molar-refractivity contribution in [1.82, 2.24) is 0 Å². The van der Waals surface area contributed by atoms with E-state index < -0.39 is 35.8 Å². The summed E-state index contributed by atoms with van der Waals surface area (Å²) in [6.45, 7) is 1.81. The van der Waals surface area contributed by atoms with Crippen molar-refractivity contribution in [2.24, 2.45) is 0 Å². The minimum atomic E-state index is -1.61. The maximum atomic E-state index is 10.7. The third-order valence-electron chi connectivity index (χ3n) is 2.14. The Bertz CT molecular complexity index is 235. The van der Waals surface area contributed by atoms with E-state index in [1.165, 1.54) is 11.8 Å². The molecular formula is C8H14O6S. The summed E-state index contributed by atoms with van der Waals surface area (Å²) in [4.78, 5) is 10.7. The molecule has 0 saturated carbocycles. The molecule has 4 N–H and O–H groups in total. The zero-order valence-electron chi connectivity index (χ0n) is 8.11. The molecule has 0 radical (unpaired) electrons. The number of carboxylic acids is 1. The Balaban J connectivity index is 2.75. The predicted molar refractivity (Wildman–Crippen MR) is 52.4 cm³/mol. The molecule has 0 aromatic carbocycles. The second-order valence-corrected chi connectivity index (χ2v) is 4.57. The van der Waals surface area contributed by atoms with Crippen molar-refractivity contribution in [2.75, 3.05) is 5.75 Å². The first-order valence-electron chi connectivity index (χ1n) is 4.53. The number of hydrogen-bond donors (Lipinski definition) is 4. The fourth-order valence-corrected chi connectivity index (χ4v) is 2.24. The number of ether oxygens (including phenoxy) is 1. The molecule has 0 amide bonds. The Morgan fingerprint density at radius 2 is 1.87 bits per heavy atom. The van der Waals surface area contributed by atoms with Gasteiger partial charge in [-0.3, -0.25) is 0 Å². The summed E-state index contributed by atoms with van der Waals surface area (Å²) >= 11 is 1.18. The van der Waals surface area contributed by atoms with Crippen LogP contribution >= 0.6 is 11.8 Å². The van der Waals surface area contributed by atoms with Crippen molar-refractivity contribution in [3.8, 4) is 0 Å². The van der Waals surface area contributed by atoms with Crippen molar-refractivity contribution in [2.45, 2.75) is 36.8 Å². The van der Waals surface area contributed by atoms with Gasteiger partial charge in [0.05, 0.1) is 0 Å². The van der Waals surface area contributed by atoms with Crippen LogP contribution in [0.2, 0.25) is 0 Å². The van der Waals surface area contributed by atoms with Crippen molar-refractivity contribution >= 4 is 17.7 Å². The molecule has 1 rings (SSSR count). The molecule has 6 nitrogen and oxygen atoms in total. The molecule has 7 heteroatoms. The number of aliphatic carboxylic acids is 1. The van der Waals surface area contributed by atoms with Crippen LogP contribution in [0, 0.1) is 0 Å². The number of carboxylic acid groups (broad SMARTS) is 1. The minimum absolute atomic E-state index is 0.608. The maximum Gasteiger partial charge on any atom is 0.335 e. The number of carbonyl (C=O) groups is 1. The number of hydrogen-bond acceptors (Lipinski definition) is 6. The van der Waals surface area contributed by atoms with Crippen LogP contribution in [-0.4, -0.2) is 62.0 Å². The van der Waals surface area contributed by atoms with Crippen molar-refractivity contribution in [3.05, 3.63) is 0 Å². The Morgan fingerprint density at radius 1 is 1.27 bits per heavy atom. The van der Waals surface area contributed by atoms with Gasteiger partial charge >= 0.3 is 5.97 Å². The van der Waals surface area contributed by atoms with Crippen LogP contribution in [0.3, 0.4) is 0 Å². The molecule has 0 aromatic rings. The van der Waals surface area contributed by atoms with Crippen molar-refractivity contribution < 1.29 is 30.0 Å². The van der Waals surface area contributed by atoms with Gasteiger partial charge in [-0.15, -0.1) is 11.8 Å². The fourth-order valence-electron chi connectivity index (χ4n) is 1.35. The summed E-state index contributed by atoms with van der Waals surface area (Å²) in [6.07, 6.45) is -5.87. The zero-order valence-corrected chi connectivity index (χ0v) is 8.92. The first-order valence-corrected chi connectivity index (χ1v) is 5.58. The summed E-state index contributed by atoms with van der Waals surface area (Å²) in [5, 5.41) is 36.9. The number of aliphatic hydroxyl groups excluding tert-OH is 3. The molecule has 1 fully saturated rings. The highest BCUT2D eigenvalue weighted by molar-refractivity contribution is 7.99. The monoisotopic (exact) mass is 238 g/mol. The van der Waals surface area contributed by atoms with Crippen LogP contribution in [0.25, 0.3) is 0 Å². The lowest BCUT2D eigenvalue weighted by atomic mass is 10.0. The Hall–Kier alpha value is -0.340. The number of thioether (sulfide) groups is 1.